The lowest BCUT2D eigenvalue weighted by Gasteiger charge is -2.18. The van der Waals surface area contributed by atoms with Crippen LogP contribution in [0.25, 0.3) is 0 Å². The van der Waals surface area contributed by atoms with Gasteiger partial charge in [0.05, 0.1) is 18.1 Å². The summed E-state index contributed by atoms with van der Waals surface area (Å²) in [6, 6.07) is 6.39. The second-order valence-electron chi connectivity index (χ2n) is 4.41. The summed E-state index contributed by atoms with van der Waals surface area (Å²) in [5.41, 5.74) is 6.21. The standard InChI is InChI=1S/C11H16N2O3/c1-11(2,12)8-16-7-9-4-3-5-10(6-9)13(14)15/h3-6H,7-8,12H2,1-2H3. The van der Waals surface area contributed by atoms with Gasteiger partial charge >= 0.3 is 0 Å². The second kappa shape index (κ2) is 5.05. The zero-order valence-electron chi connectivity index (χ0n) is 9.47. The lowest BCUT2D eigenvalue weighted by Crippen LogP contribution is -2.37. The van der Waals surface area contributed by atoms with Gasteiger partial charge in [-0.25, -0.2) is 0 Å². The molecule has 0 saturated heterocycles. The Morgan fingerprint density at radius 3 is 2.75 bits per heavy atom. The summed E-state index contributed by atoms with van der Waals surface area (Å²) in [7, 11) is 0. The van der Waals surface area contributed by atoms with E-state index in [1.807, 2.05) is 13.8 Å². The maximum Gasteiger partial charge on any atom is 0.269 e. The van der Waals surface area contributed by atoms with Crippen LogP contribution in [-0.4, -0.2) is 17.1 Å². The van der Waals surface area contributed by atoms with Crippen molar-refractivity contribution in [3.05, 3.63) is 39.9 Å². The number of non-ortho nitro benzene ring substituents is 1. The normalized spacial score (nSPS) is 11.4. The molecule has 0 atom stereocenters. The number of nitrogens with two attached hydrogens (primary N) is 1. The first-order valence-electron chi connectivity index (χ1n) is 4.98. The van der Waals surface area contributed by atoms with Gasteiger partial charge in [-0.2, -0.15) is 0 Å². The van der Waals surface area contributed by atoms with Crippen LogP contribution in [0.3, 0.4) is 0 Å². The van der Waals surface area contributed by atoms with Crippen LogP contribution in [0.15, 0.2) is 24.3 Å². The Hall–Kier alpha value is -1.46. The number of nitrogens with zero attached hydrogens (tertiary/aromatic N) is 1. The zero-order chi connectivity index (χ0) is 12.2. The van der Waals surface area contributed by atoms with Crippen LogP contribution in [-0.2, 0) is 11.3 Å². The van der Waals surface area contributed by atoms with E-state index in [0.29, 0.717) is 13.2 Å². The summed E-state index contributed by atoms with van der Waals surface area (Å²) in [6.45, 7) is 4.47. The third-order valence-electron chi connectivity index (χ3n) is 1.86. The molecule has 0 aliphatic heterocycles. The van der Waals surface area contributed by atoms with Gasteiger partial charge < -0.3 is 10.5 Å². The molecule has 1 rings (SSSR count). The van der Waals surface area contributed by atoms with Gasteiger partial charge in [0.25, 0.3) is 5.69 Å². The number of nitro benzene ring substituents is 1. The molecule has 0 aliphatic carbocycles. The van der Waals surface area contributed by atoms with Crippen molar-refractivity contribution >= 4 is 5.69 Å². The van der Waals surface area contributed by atoms with E-state index < -0.39 is 4.92 Å². The van der Waals surface area contributed by atoms with Gasteiger partial charge in [-0.15, -0.1) is 0 Å². The van der Waals surface area contributed by atoms with Crippen molar-refractivity contribution in [1.29, 1.82) is 0 Å². The predicted octanol–water partition coefficient (Wildman–Crippen LogP) is 1.85. The van der Waals surface area contributed by atoms with Crippen molar-refractivity contribution in [2.75, 3.05) is 6.61 Å². The Balaban J connectivity index is 2.55. The first-order valence-corrected chi connectivity index (χ1v) is 4.98. The number of nitro groups is 1. The molecule has 5 heteroatoms. The number of hydrogen-bond acceptors (Lipinski definition) is 4. The fourth-order valence-electron chi connectivity index (χ4n) is 1.19. The molecule has 88 valence electrons. The monoisotopic (exact) mass is 224 g/mol. The van der Waals surface area contributed by atoms with Gasteiger partial charge in [-0.05, 0) is 19.4 Å². The molecule has 0 amide bonds. The van der Waals surface area contributed by atoms with Crippen LogP contribution < -0.4 is 5.73 Å². The molecule has 16 heavy (non-hydrogen) atoms. The first-order chi connectivity index (χ1) is 7.38. The van der Waals surface area contributed by atoms with Crippen molar-refractivity contribution in [2.45, 2.75) is 26.0 Å². The Morgan fingerprint density at radius 1 is 1.50 bits per heavy atom. The van der Waals surface area contributed by atoms with Gasteiger partial charge in [-0.3, -0.25) is 10.1 Å². The van der Waals surface area contributed by atoms with Crippen LogP contribution in [0.5, 0.6) is 0 Å². The first kappa shape index (κ1) is 12.6. The minimum atomic E-state index is -0.420. The second-order valence-corrected chi connectivity index (χ2v) is 4.41. The maximum absolute atomic E-state index is 10.5. The lowest BCUT2D eigenvalue weighted by molar-refractivity contribution is -0.384. The molecular weight excluding hydrogens is 208 g/mol. The summed E-state index contributed by atoms with van der Waals surface area (Å²) < 4.78 is 5.37. The highest BCUT2D eigenvalue weighted by atomic mass is 16.6. The quantitative estimate of drug-likeness (QED) is 0.611. The average Bonchev–Trinajstić information content (AvgIpc) is 2.16. The molecule has 0 radical (unpaired) electrons. The summed E-state index contributed by atoms with van der Waals surface area (Å²) in [6.07, 6.45) is 0. The zero-order valence-corrected chi connectivity index (χ0v) is 9.47. The van der Waals surface area contributed by atoms with Gasteiger partial charge in [-0.1, -0.05) is 12.1 Å². The van der Waals surface area contributed by atoms with Crippen molar-refractivity contribution < 1.29 is 9.66 Å². The number of hydrogen-bond donors (Lipinski definition) is 1. The fourth-order valence-corrected chi connectivity index (χ4v) is 1.19. The summed E-state index contributed by atoms with van der Waals surface area (Å²) in [5, 5.41) is 10.5. The van der Waals surface area contributed by atoms with Crippen molar-refractivity contribution in [3.8, 4) is 0 Å². The van der Waals surface area contributed by atoms with E-state index in [1.165, 1.54) is 12.1 Å². The third-order valence-corrected chi connectivity index (χ3v) is 1.86. The van der Waals surface area contributed by atoms with E-state index in [2.05, 4.69) is 0 Å². The molecule has 0 aliphatic rings. The molecule has 2 N–H and O–H groups in total. The molecule has 0 saturated carbocycles. The van der Waals surface area contributed by atoms with Crippen LogP contribution in [0.1, 0.15) is 19.4 Å². The molecule has 0 fully saturated rings. The molecule has 5 nitrogen and oxygen atoms in total. The highest BCUT2D eigenvalue weighted by molar-refractivity contribution is 5.33. The van der Waals surface area contributed by atoms with Crippen LogP contribution >= 0.6 is 0 Å². The Bertz CT molecular complexity index is 372. The van der Waals surface area contributed by atoms with Gasteiger partial charge in [0.2, 0.25) is 0 Å². The average molecular weight is 224 g/mol. The SMILES string of the molecule is CC(C)(N)COCc1cccc([N+](=O)[O-])c1. The Kier molecular flexibility index (Phi) is 3.98. The Labute approximate surface area is 94.4 Å². The largest absolute Gasteiger partial charge is 0.375 e. The maximum atomic E-state index is 10.5. The Morgan fingerprint density at radius 2 is 2.19 bits per heavy atom. The third kappa shape index (κ3) is 4.37. The summed E-state index contributed by atoms with van der Waals surface area (Å²) >= 11 is 0. The van der Waals surface area contributed by atoms with E-state index in [1.54, 1.807) is 12.1 Å². The number of benzene rings is 1. The van der Waals surface area contributed by atoms with E-state index in [0.717, 1.165) is 5.56 Å². The van der Waals surface area contributed by atoms with Crippen molar-refractivity contribution in [2.24, 2.45) is 5.73 Å². The van der Waals surface area contributed by atoms with E-state index in [9.17, 15) is 10.1 Å². The fraction of sp³-hybridized carbons (Fsp3) is 0.455. The molecule has 0 aromatic heterocycles. The number of rotatable bonds is 5. The molecular formula is C11H16N2O3. The van der Waals surface area contributed by atoms with Gasteiger partial charge in [0, 0.05) is 17.7 Å². The van der Waals surface area contributed by atoms with Gasteiger partial charge in [0.15, 0.2) is 0 Å². The minimum absolute atomic E-state index is 0.0770. The molecule has 0 heterocycles. The molecule has 1 aromatic rings. The molecule has 0 unspecified atom stereocenters. The lowest BCUT2D eigenvalue weighted by atomic mass is 10.1. The van der Waals surface area contributed by atoms with E-state index >= 15 is 0 Å². The molecule has 1 aromatic carbocycles. The van der Waals surface area contributed by atoms with E-state index in [-0.39, 0.29) is 11.2 Å². The highest BCUT2D eigenvalue weighted by Gasteiger charge is 2.11. The molecule has 0 spiro atoms. The summed E-state index contributed by atoms with van der Waals surface area (Å²) in [4.78, 5) is 10.1. The van der Waals surface area contributed by atoms with Gasteiger partial charge in [0.1, 0.15) is 0 Å². The smallest absolute Gasteiger partial charge is 0.269 e. The molecule has 0 bridgehead atoms. The predicted molar refractivity (Wildman–Crippen MR) is 61.0 cm³/mol. The van der Waals surface area contributed by atoms with Crippen LogP contribution in [0, 0.1) is 10.1 Å². The van der Waals surface area contributed by atoms with Crippen molar-refractivity contribution in [1.82, 2.24) is 0 Å². The topological polar surface area (TPSA) is 78.4 Å². The summed E-state index contributed by atoms with van der Waals surface area (Å²) in [5.74, 6) is 0. The number of ether oxygens (including phenoxy) is 1. The minimum Gasteiger partial charge on any atom is -0.375 e. The highest BCUT2D eigenvalue weighted by Crippen LogP contribution is 2.14. The van der Waals surface area contributed by atoms with Crippen molar-refractivity contribution in [3.63, 3.8) is 0 Å². The van der Waals surface area contributed by atoms with E-state index in [4.69, 9.17) is 10.5 Å². The van der Waals surface area contributed by atoms with Crippen LogP contribution in [0.4, 0.5) is 5.69 Å². The van der Waals surface area contributed by atoms with Crippen LogP contribution in [0.2, 0.25) is 0 Å².